The number of amides is 1. The number of nitrogens with one attached hydrogen (secondary N) is 2. The maximum atomic E-state index is 11.9. The molecule has 0 rings (SSSR count). The van der Waals surface area contributed by atoms with Crippen LogP contribution in [0.25, 0.3) is 0 Å². The number of esters is 1. The number of hydrogen-bond acceptors (Lipinski definition) is 4. The third kappa shape index (κ3) is 9.21. The molecule has 0 atom stereocenters. The van der Waals surface area contributed by atoms with Crippen LogP contribution in [-0.2, 0) is 14.3 Å². The van der Waals surface area contributed by atoms with Crippen molar-refractivity contribution in [3.63, 3.8) is 0 Å². The lowest BCUT2D eigenvalue weighted by Crippen LogP contribution is -2.45. The number of likely N-dealkylation sites (N-methyl/N-ethyl adjacent to an activating group) is 1. The van der Waals surface area contributed by atoms with E-state index >= 15 is 0 Å². The van der Waals surface area contributed by atoms with Crippen molar-refractivity contribution in [1.29, 1.82) is 5.41 Å². The Hall–Kier alpha value is -1.59. The van der Waals surface area contributed by atoms with E-state index in [1.54, 1.807) is 7.05 Å². The molecule has 134 valence electrons. The Morgan fingerprint density at radius 1 is 1.22 bits per heavy atom. The molecule has 0 aliphatic carbocycles. The third-order valence-electron chi connectivity index (χ3n) is 4.03. The molecule has 2 N–H and O–H groups in total. The van der Waals surface area contributed by atoms with E-state index < -0.39 is 11.6 Å². The van der Waals surface area contributed by atoms with Crippen LogP contribution in [0.4, 0.5) is 0 Å². The summed E-state index contributed by atoms with van der Waals surface area (Å²) >= 11 is 0. The van der Waals surface area contributed by atoms with Crippen LogP contribution >= 0.6 is 0 Å². The molecule has 6 nitrogen and oxygen atoms in total. The van der Waals surface area contributed by atoms with Gasteiger partial charge in [-0.15, -0.1) is 0 Å². The van der Waals surface area contributed by atoms with E-state index in [1.807, 2.05) is 27.7 Å². The van der Waals surface area contributed by atoms with Gasteiger partial charge in [0.1, 0.15) is 12.1 Å². The van der Waals surface area contributed by atoms with Crippen LogP contribution in [0, 0.1) is 11.3 Å². The fourth-order valence-electron chi connectivity index (χ4n) is 1.72. The second-order valence-electron chi connectivity index (χ2n) is 6.80. The molecule has 0 aliphatic heterocycles. The first-order chi connectivity index (χ1) is 10.6. The highest BCUT2D eigenvalue weighted by molar-refractivity contribution is 5.96. The molecule has 6 heteroatoms. The number of nitrogens with zero attached hydrogens (tertiary/aromatic N) is 1. The maximum Gasteiger partial charge on any atom is 0.326 e. The highest BCUT2D eigenvalue weighted by atomic mass is 16.6. The van der Waals surface area contributed by atoms with E-state index in [2.05, 4.69) is 12.2 Å². The molecule has 0 aromatic heterocycles. The van der Waals surface area contributed by atoms with Crippen LogP contribution in [0.3, 0.4) is 0 Å². The summed E-state index contributed by atoms with van der Waals surface area (Å²) in [6.45, 7) is 9.74. The lowest BCUT2D eigenvalue weighted by atomic mass is 9.95. The second-order valence-corrected chi connectivity index (χ2v) is 6.80. The number of unbranched alkanes of at least 4 members (excludes halogenated alkanes) is 3. The first-order valence-corrected chi connectivity index (χ1v) is 8.41. The van der Waals surface area contributed by atoms with Crippen LogP contribution < -0.4 is 5.32 Å². The minimum Gasteiger partial charge on any atom is -0.458 e. The minimum absolute atomic E-state index is 0.0644. The average molecular weight is 327 g/mol. The van der Waals surface area contributed by atoms with Gasteiger partial charge in [-0.1, -0.05) is 40.0 Å². The standard InChI is InChI=1S/C17H33N3O3/c1-7-8-9-10-11-14(21)19-16(18)20(6)12-15(22)23-17(4,5)13(2)3/h13H,7-12H2,1-6H3,(H2,18,19,21). The Balaban J connectivity index is 4.19. The molecule has 0 aromatic carbocycles. The summed E-state index contributed by atoms with van der Waals surface area (Å²) in [4.78, 5) is 25.0. The monoisotopic (exact) mass is 327 g/mol. The molecule has 0 aliphatic rings. The smallest absolute Gasteiger partial charge is 0.326 e. The molecule has 0 unspecified atom stereocenters. The van der Waals surface area contributed by atoms with Gasteiger partial charge >= 0.3 is 5.97 Å². The van der Waals surface area contributed by atoms with Crippen molar-refractivity contribution in [2.45, 2.75) is 72.3 Å². The van der Waals surface area contributed by atoms with E-state index in [-0.39, 0.29) is 24.3 Å². The van der Waals surface area contributed by atoms with Crippen molar-refractivity contribution in [3.8, 4) is 0 Å². The Bertz CT molecular complexity index is 406. The van der Waals surface area contributed by atoms with Gasteiger partial charge in [0.05, 0.1) is 0 Å². The summed E-state index contributed by atoms with van der Waals surface area (Å²) < 4.78 is 5.43. The van der Waals surface area contributed by atoms with Crippen molar-refractivity contribution in [3.05, 3.63) is 0 Å². The Labute approximate surface area is 140 Å². The van der Waals surface area contributed by atoms with Crippen LogP contribution in [0.2, 0.25) is 0 Å². The number of guanidine groups is 1. The zero-order valence-electron chi connectivity index (χ0n) is 15.5. The van der Waals surface area contributed by atoms with E-state index in [0.717, 1.165) is 25.7 Å². The van der Waals surface area contributed by atoms with Crippen LogP contribution in [0.15, 0.2) is 0 Å². The number of ether oxygens (including phenoxy) is 1. The lowest BCUT2D eigenvalue weighted by molar-refractivity contribution is -0.160. The van der Waals surface area contributed by atoms with Gasteiger partial charge in [-0.05, 0) is 26.2 Å². The molecule has 0 heterocycles. The van der Waals surface area contributed by atoms with Crippen molar-refractivity contribution in [2.75, 3.05) is 13.6 Å². The topological polar surface area (TPSA) is 82.5 Å². The van der Waals surface area contributed by atoms with Gasteiger partial charge in [-0.2, -0.15) is 0 Å². The van der Waals surface area contributed by atoms with Crippen molar-refractivity contribution in [2.24, 2.45) is 5.92 Å². The largest absolute Gasteiger partial charge is 0.458 e. The van der Waals surface area contributed by atoms with Gasteiger partial charge in [-0.25, -0.2) is 0 Å². The SMILES string of the molecule is CCCCCCC(=O)NC(=N)N(C)CC(=O)OC(C)(C)C(C)C. The first-order valence-electron chi connectivity index (χ1n) is 8.41. The highest BCUT2D eigenvalue weighted by Crippen LogP contribution is 2.20. The van der Waals surface area contributed by atoms with Crippen LogP contribution in [-0.4, -0.2) is 41.9 Å². The predicted molar refractivity (Wildman–Crippen MR) is 92.3 cm³/mol. The maximum absolute atomic E-state index is 11.9. The summed E-state index contributed by atoms with van der Waals surface area (Å²) in [5.41, 5.74) is -0.553. The van der Waals surface area contributed by atoms with Gasteiger partial charge in [-0.3, -0.25) is 20.3 Å². The molecule has 0 saturated carbocycles. The fraction of sp³-hybridized carbons (Fsp3) is 0.824. The Morgan fingerprint density at radius 2 is 1.83 bits per heavy atom. The molecule has 0 spiro atoms. The van der Waals surface area contributed by atoms with E-state index in [1.165, 1.54) is 4.90 Å². The van der Waals surface area contributed by atoms with Crippen molar-refractivity contribution in [1.82, 2.24) is 10.2 Å². The third-order valence-corrected chi connectivity index (χ3v) is 4.03. The minimum atomic E-state index is -0.553. The number of rotatable bonds is 9. The second kappa shape index (κ2) is 10.2. The Morgan fingerprint density at radius 3 is 2.35 bits per heavy atom. The molecule has 0 saturated heterocycles. The van der Waals surface area contributed by atoms with Gasteiger partial charge < -0.3 is 9.64 Å². The van der Waals surface area contributed by atoms with Crippen molar-refractivity contribution >= 4 is 17.8 Å². The quantitative estimate of drug-likeness (QED) is 0.295. The molecule has 0 bridgehead atoms. The molecule has 0 radical (unpaired) electrons. The average Bonchev–Trinajstić information content (AvgIpc) is 2.42. The number of carbonyl (C=O) groups is 2. The van der Waals surface area contributed by atoms with Gasteiger partial charge in [0.15, 0.2) is 5.96 Å². The summed E-state index contributed by atoms with van der Waals surface area (Å²) in [6, 6.07) is 0. The van der Waals surface area contributed by atoms with Crippen LogP contribution in [0.5, 0.6) is 0 Å². The molecular formula is C17H33N3O3. The Kier molecular flexibility index (Phi) is 9.53. The van der Waals surface area contributed by atoms with Gasteiger partial charge in [0.25, 0.3) is 0 Å². The molecular weight excluding hydrogens is 294 g/mol. The lowest BCUT2D eigenvalue weighted by Gasteiger charge is -2.30. The van der Waals surface area contributed by atoms with E-state index in [0.29, 0.717) is 6.42 Å². The molecule has 0 fully saturated rings. The highest BCUT2D eigenvalue weighted by Gasteiger charge is 2.27. The molecule has 0 aromatic rings. The normalized spacial score (nSPS) is 11.3. The van der Waals surface area contributed by atoms with Gasteiger partial charge in [0.2, 0.25) is 5.91 Å². The van der Waals surface area contributed by atoms with E-state index in [4.69, 9.17) is 10.1 Å². The summed E-state index contributed by atoms with van der Waals surface area (Å²) in [5.74, 6) is -0.481. The zero-order valence-corrected chi connectivity index (χ0v) is 15.5. The van der Waals surface area contributed by atoms with Crippen molar-refractivity contribution < 1.29 is 14.3 Å². The fourth-order valence-corrected chi connectivity index (χ4v) is 1.72. The summed E-state index contributed by atoms with van der Waals surface area (Å²) in [6.07, 6.45) is 4.48. The molecule has 1 amide bonds. The number of hydrogen-bond donors (Lipinski definition) is 2. The first kappa shape index (κ1) is 21.4. The van der Waals surface area contributed by atoms with Crippen LogP contribution in [0.1, 0.15) is 66.7 Å². The van der Waals surface area contributed by atoms with Gasteiger partial charge in [0, 0.05) is 13.5 Å². The zero-order chi connectivity index (χ0) is 18.0. The molecule has 23 heavy (non-hydrogen) atoms. The predicted octanol–water partition coefficient (Wildman–Crippen LogP) is 2.92. The summed E-state index contributed by atoms with van der Waals surface area (Å²) in [7, 11) is 1.59. The number of carbonyl (C=O) groups excluding carboxylic acids is 2. The van der Waals surface area contributed by atoms with E-state index in [9.17, 15) is 9.59 Å². The summed E-state index contributed by atoms with van der Waals surface area (Å²) in [5, 5.41) is 10.3.